The monoisotopic (exact) mass is 760 g/mol. The van der Waals surface area contributed by atoms with Gasteiger partial charge in [-0.3, -0.25) is 0 Å². The molecule has 59 heavy (non-hydrogen) atoms. The number of hydrogen-bond acceptors (Lipinski definition) is 2. The summed E-state index contributed by atoms with van der Waals surface area (Å²) in [6.07, 6.45) is 0. The summed E-state index contributed by atoms with van der Waals surface area (Å²) in [7, 11) is 0. The van der Waals surface area contributed by atoms with E-state index in [2.05, 4.69) is 4.57 Å². The Kier molecular flexibility index (Phi) is 5.92. The van der Waals surface area contributed by atoms with Crippen LogP contribution in [0, 0.1) is 0 Å². The van der Waals surface area contributed by atoms with Crippen molar-refractivity contribution >= 4 is 82.4 Å². The standard InChI is InChI=1S/C56H36N2O/c1-2-15-42(16-3-1)58-51-21-9-8-19-48(51)50-36-41(29-35-52(50)58)37-24-30-43(31-25-37)57(44-32-26-40(27-33-44)46-20-10-14-38-12-4-6-17-45(38)46)53-22-11-23-54-55(53)49-34-28-39-13-5-7-18-47(39)56(49)59-54/h1-36H/i24D,25D,26D,27D,30D,31D,32D,33D. The van der Waals surface area contributed by atoms with E-state index in [1.54, 1.807) is 24.3 Å². The van der Waals surface area contributed by atoms with Gasteiger partial charge in [0.15, 0.2) is 0 Å². The molecule has 3 nitrogen and oxygen atoms in total. The van der Waals surface area contributed by atoms with Gasteiger partial charge in [0.05, 0.1) is 33.1 Å². The summed E-state index contributed by atoms with van der Waals surface area (Å²) in [5, 5.41) is 6.51. The lowest BCUT2D eigenvalue weighted by molar-refractivity contribution is 0.672. The molecule has 2 aromatic heterocycles. The van der Waals surface area contributed by atoms with Crippen LogP contribution >= 0.6 is 0 Å². The first-order valence-electron chi connectivity index (χ1n) is 23.5. The van der Waals surface area contributed by atoms with Crippen LogP contribution in [0.4, 0.5) is 17.1 Å². The molecule has 276 valence electrons. The third-order valence-corrected chi connectivity index (χ3v) is 11.3. The lowest BCUT2D eigenvalue weighted by Crippen LogP contribution is -2.10. The van der Waals surface area contributed by atoms with Gasteiger partial charge in [0, 0.05) is 38.6 Å². The van der Waals surface area contributed by atoms with Crippen LogP contribution in [0.3, 0.4) is 0 Å². The molecule has 10 aromatic carbocycles. The number of anilines is 3. The molecule has 3 heteroatoms. The number of rotatable bonds is 6. The fourth-order valence-corrected chi connectivity index (χ4v) is 8.62. The fraction of sp³-hybridized carbons (Fsp3) is 0. The normalized spacial score (nSPS) is 13.6. The third kappa shape index (κ3) is 5.36. The van der Waals surface area contributed by atoms with Crippen LogP contribution in [0.2, 0.25) is 0 Å². The fourth-order valence-electron chi connectivity index (χ4n) is 8.62. The zero-order valence-corrected chi connectivity index (χ0v) is 31.5. The van der Waals surface area contributed by atoms with Crippen LogP contribution in [0.15, 0.2) is 223 Å². The number of fused-ring (bicyclic) bond motifs is 9. The van der Waals surface area contributed by atoms with Gasteiger partial charge < -0.3 is 13.9 Å². The van der Waals surface area contributed by atoms with Crippen molar-refractivity contribution in [2.75, 3.05) is 4.90 Å². The smallest absolute Gasteiger partial charge is 0.143 e. The summed E-state index contributed by atoms with van der Waals surface area (Å²) in [6.45, 7) is 0. The van der Waals surface area contributed by atoms with Crippen molar-refractivity contribution in [1.82, 2.24) is 4.57 Å². The molecule has 2 heterocycles. The molecule has 0 radical (unpaired) electrons. The van der Waals surface area contributed by atoms with Gasteiger partial charge in [0.2, 0.25) is 0 Å². The molecule has 0 atom stereocenters. The van der Waals surface area contributed by atoms with Crippen molar-refractivity contribution in [3.05, 3.63) is 218 Å². The molecule has 12 rings (SSSR count). The predicted octanol–water partition coefficient (Wildman–Crippen LogP) is 15.8. The number of nitrogens with zero attached hydrogens (tertiary/aromatic N) is 2. The molecule has 0 bridgehead atoms. The zero-order chi connectivity index (χ0) is 45.8. The van der Waals surface area contributed by atoms with Gasteiger partial charge in [0.25, 0.3) is 0 Å². The molecule has 0 aliphatic heterocycles. The first-order chi connectivity index (χ1) is 32.6. The second kappa shape index (κ2) is 13.4. The van der Waals surface area contributed by atoms with Crippen LogP contribution in [-0.4, -0.2) is 4.57 Å². The molecule has 0 saturated heterocycles. The van der Waals surface area contributed by atoms with E-state index in [0.717, 1.165) is 49.0 Å². The molecule has 0 fully saturated rings. The molecule has 0 saturated carbocycles. The van der Waals surface area contributed by atoms with Crippen molar-refractivity contribution in [3.63, 3.8) is 0 Å². The Balaban J connectivity index is 1.13. The third-order valence-electron chi connectivity index (χ3n) is 11.3. The second-order valence-electron chi connectivity index (χ2n) is 14.6. The zero-order valence-electron chi connectivity index (χ0n) is 39.5. The Bertz CT molecular complexity index is 3980. The SMILES string of the molecule is [2H]c1c([2H])c(N(c2c([2H])c([2H])c(-c3cccc4ccccc34)c([2H])c2[2H])c2cccc3oc4c5ccccc5ccc4c23)c([2H])c([2H])c1-c1ccc2c(c1)c1ccccc1n2-c1ccccc1. The summed E-state index contributed by atoms with van der Waals surface area (Å²) in [5.41, 5.74) is 4.94. The van der Waals surface area contributed by atoms with Crippen molar-refractivity contribution in [1.29, 1.82) is 0 Å². The minimum atomic E-state index is -0.423. The number of hydrogen-bond donors (Lipinski definition) is 0. The largest absolute Gasteiger partial charge is 0.455 e. The summed E-state index contributed by atoms with van der Waals surface area (Å²) >= 11 is 0. The van der Waals surface area contributed by atoms with Gasteiger partial charge in [-0.1, -0.05) is 145 Å². The quantitative estimate of drug-likeness (QED) is 0.168. The highest BCUT2D eigenvalue weighted by Crippen LogP contribution is 2.45. The van der Waals surface area contributed by atoms with E-state index in [1.807, 2.05) is 146 Å². The second-order valence-corrected chi connectivity index (χ2v) is 14.6. The minimum absolute atomic E-state index is 0.0847. The predicted molar refractivity (Wildman–Crippen MR) is 249 cm³/mol. The van der Waals surface area contributed by atoms with Crippen LogP contribution in [-0.2, 0) is 0 Å². The molecule has 0 aliphatic rings. The van der Waals surface area contributed by atoms with Crippen LogP contribution in [0.5, 0.6) is 0 Å². The van der Waals surface area contributed by atoms with Crippen molar-refractivity contribution in [2.45, 2.75) is 0 Å². The van der Waals surface area contributed by atoms with Crippen molar-refractivity contribution in [2.24, 2.45) is 0 Å². The van der Waals surface area contributed by atoms with Gasteiger partial charge in [-0.15, -0.1) is 0 Å². The van der Waals surface area contributed by atoms with Gasteiger partial charge in [-0.05, 0) is 111 Å². The summed E-state index contributed by atoms with van der Waals surface area (Å²) in [4.78, 5) is 1.38. The summed E-state index contributed by atoms with van der Waals surface area (Å²) in [6, 6.07) is 50.9. The van der Waals surface area contributed by atoms with Gasteiger partial charge in [-0.25, -0.2) is 0 Å². The Morgan fingerprint density at radius 1 is 0.424 bits per heavy atom. The number of benzene rings is 10. The van der Waals surface area contributed by atoms with E-state index in [1.165, 1.54) is 4.90 Å². The number of para-hydroxylation sites is 2. The molecule has 12 aromatic rings. The highest BCUT2D eigenvalue weighted by atomic mass is 16.3. The van der Waals surface area contributed by atoms with E-state index in [9.17, 15) is 11.0 Å². The summed E-state index contributed by atoms with van der Waals surface area (Å²) in [5.74, 6) is 0. The number of furan rings is 1. The Labute approximate surface area is 352 Å². The lowest BCUT2D eigenvalue weighted by Gasteiger charge is -2.26. The summed E-state index contributed by atoms with van der Waals surface area (Å²) < 4.78 is 86.5. The highest BCUT2D eigenvalue weighted by Gasteiger charge is 2.21. The maximum atomic E-state index is 9.84. The molecule has 0 N–H and O–H groups in total. The Morgan fingerprint density at radius 2 is 1.05 bits per heavy atom. The first-order valence-corrected chi connectivity index (χ1v) is 19.5. The maximum Gasteiger partial charge on any atom is 0.143 e. The van der Waals surface area contributed by atoms with Crippen LogP contribution in [0.25, 0.3) is 93.2 Å². The van der Waals surface area contributed by atoms with Crippen molar-refractivity contribution < 1.29 is 15.4 Å². The van der Waals surface area contributed by atoms with Gasteiger partial charge >= 0.3 is 0 Å². The molecular formula is C56H36N2O. The van der Waals surface area contributed by atoms with Crippen molar-refractivity contribution in [3.8, 4) is 27.9 Å². The van der Waals surface area contributed by atoms with Gasteiger partial charge in [0.1, 0.15) is 11.2 Å². The average molecular weight is 761 g/mol. The van der Waals surface area contributed by atoms with Crippen LogP contribution in [0.1, 0.15) is 11.0 Å². The minimum Gasteiger partial charge on any atom is -0.455 e. The van der Waals surface area contributed by atoms with E-state index >= 15 is 0 Å². The number of aromatic nitrogens is 1. The Hall–Kier alpha value is -7.88. The topological polar surface area (TPSA) is 21.3 Å². The molecule has 0 aliphatic carbocycles. The molecule has 0 spiro atoms. The average Bonchev–Trinajstić information content (AvgIpc) is 3.91. The van der Waals surface area contributed by atoms with E-state index in [0.29, 0.717) is 38.8 Å². The van der Waals surface area contributed by atoms with E-state index in [-0.39, 0.29) is 46.7 Å². The maximum absolute atomic E-state index is 9.84. The highest BCUT2D eigenvalue weighted by molar-refractivity contribution is 6.19. The van der Waals surface area contributed by atoms with Gasteiger partial charge in [-0.2, -0.15) is 0 Å². The lowest BCUT2D eigenvalue weighted by atomic mass is 9.98. The molecular weight excluding hydrogens is 717 g/mol. The Morgan fingerprint density at radius 3 is 1.85 bits per heavy atom. The van der Waals surface area contributed by atoms with E-state index < -0.39 is 24.2 Å². The van der Waals surface area contributed by atoms with Crippen LogP contribution < -0.4 is 4.90 Å². The molecule has 0 amide bonds. The van der Waals surface area contributed by atoms with E-state index in [4.69, 9.17) is 4.42 Å². The first kappa shape index (κ1) is 26.1. The molecule has 0 unspecified atom stereocenters.